The van der Waals surface area contributed by atoms with Crippen LogP contribution in [0.4, 0.5) is 10.1 Å². The van der Waals surface area contributed by atoms with E-state index in [1.807, 2.05) is 20.8 Å². The molecule has 25 heavy (non-hydrogen) atoms. The van der Waals surface area contributed by atoms with Gasteiger partial charge in [0.1, 0.15) is 18.2 Å². The summed E-state index contributed by atoms with van der Waals surface area (Å²) in [4.78, 5) is 12.2. The predicted molar refractivity (Wildman–Crippen MR) is 100 cm³/mol. The zero-order valence-corrected chi connectivity index (χ0v) is 15.4. The van der Waals surface area contributed by atoms with Gasteiger partial charge < -0.3 is 15.8 Å². The summed E-state index contributed by atoms with van der Waals surface area (Å²) in [7, 11) is 0. The predicted octanol–water partition coefficient (Wildman–Crippen LogP) is 4.14. The smallest absolute Gasteiger partial charge is 0.241 e. The number of hydrogen-bond acceptors (Lipinski definition) is 3. The van der Waals surface area contributed by atoms with Gasteiger partial charge in [-0.3, -0.25) is 4.79 Å². The van der Waals surface area contributed by atoms with Crippen molar-refractivity contribution in [2.24, 2.45) is 11.1 Å². The molecule has 0 saturated heterocycles. The molecule has 0 bridgehead atoms. The molecule has 0 saturated carbocycles. The van der Waals surface area contributed by atoms with Crippen LogP contribution in [-0.2, 0) is 11.4 Å². The maximum Gasteiger partial charge on any atom is 0.241 e. The Balaban J connectivity index is 0.00000312. The summed E-state index contributed by atoms with van der Waals surface area (Å²) >= 11 is 0. The Morgan fingerprint density at radius 2 is 1.88 bits per heavy atom. The van der Waals surface area contributed by atoms with Crippen molar-refractivity contribution in [1.29, 1.82) is 0 Å². The van der Waals surface area contributed by atoms with Crippen molar-refractivity contribution in [3.8, 4) is 5.75 Å². The topological polar surface area (TPSA) is 64.4 Å². The van der Waals surface area contributed by atoms with Crippen molar-refractivity contribution in [2.75, 3.05) is 5.32 Å². The highest BCUT2D eigenvalue weighted by Crippen LogP contribution is 2.22. The van der Waals surface area contributed by atoms with Gasteiger partial charge in [0.2, 0.25) is 5.91 Å². The lowest BCUT2D eigenvalue weighted by molar-refractivity contribution is -0.119. The van der Waals surface area contributed by atoms with Crippen LogP contribution in [0.1, 0.15) is 26.3 Å². The number of rotatable bonds is 5. The molecule has 0 heterocycles. The minimum absolute atomic E-state index is 0. The SMILES string of the molecule is CC(C)(C)[C@H](N)C(=O)Nc1cccc(OCc2cccc(F)c2)c1.Cl. The average Bonchev–Trinajstić information content (AvgIpc) is 2.52. The molecule has 2 aromatic carbocycles. The highest BCUT2D eigenvalue weighted by Gasteiger charge is 2.27. The standard InChI is InChI=1S/C19H23FN2O2.ClH/c1-19(2,3)17(21)18(23)22-15-8-5-9-16(11-15)24-12-13-6-4-7-14(20)10-13;/h4-11,17H,12,21H2,1-3H3,(H,22,23);1H/t17-;/m1./s1. The molecule has 1 amide bonds. The lowest BCUT2D eigenvalue weighted by Crippen LogP contribution is -2.45. The van der Waals surface area contributed by atoms with Gasteiger partial charge in [-0.25, -0.2) is 4.39 Å². The summed E-state index contributed by atoms with van der Waals surface area (Å²) in [5.74, 6) is 0.0412. The number of benzene rings is 2. The molecule has 0 aliphatic rings. The molecule has 6 heteroatoms. The third kappa shape index (κ3) is 6.36. The molecule has 2 rings (SSSR count). The number of halogens is 2. The monoisotopic (exact) mass is 366 g/mol. The Bertz CT molecular complexity index is 717. The Labute approximate surface area is 154 Å². The zero-order valence-electron chi connectivity index (χ0n) is 14.6. The van der Waals surface area contributed by atoms with E-state index in [0.717, 1.165) is 5.56 Å². The number of carbonyl (C=O) groups excluding carboxylic acids is 1. The first-order chi connectivity index (χ1) is 11.3. The summed E-state index contributed by atoms with van der Waals surface area (Å²) in [5, 5.41) is 2.79. The van der Waals surface area contributed by atoms with Crippen LogP contribution in [0.3, 0.4) is 0 Å². The van der Waals surface area contributed by atoms with Crippen LogP contribution in [0.2, 0.25) is 0 Å². The number of amides is 1. The molecule has 1 atom stereocenters. The maximum absolute atomic E-state index is 13.2. The van der Waals surface area contributed by atoms with E-state index in [1.165, 1.54) is 12.1 Å². The van der Waals surface area contributed by atoms with Gasteiger partial charge in [0.05, 0.1) is 6.04 Å². The minimum Gasteiger partial charge on any atom is -0.489 e. The second-order valence-electron chi connectivity index (χ2n) is 6.78. The van der Waals surface area contributed by atoms with Crippen molar-refractivity contribution in [2.45, 2.75) is 33.4 Å². The van der Waals surface area contributed by atoms with Crippen LogP contribution in [0.15, 0.2) is 48.5 Å². The number of carbonyl (C=O) groups is 1. The Morgan fingerprint density at radius 3 is 2.52 bits per heavy atom. The lowest BCUT2D eigenvalue weighted by Gasteiger charge is -2.25. The number of nitrogens with one attached hydrogen (secondary N) is 1. The molecule has 4 nitrogen and oxygen atoms in total. The highest BCUT2D eigenvalue weighted by atomic mass is 35.5. The van der Waals surface area contributed by atoms with Crippen LogP contribution in [-0.4, -0.2) is 11.9 Å². The van der Waals surface area contributed by atoms with E-state index in [1.54, 1.807) is 36.4 Å². The fourth-order valence-electron chi connectivity index (χ4n) is 2.07. The molecule has 0 aliphatic heterocycles. The Kier molecular flexibility index (Phi) is 7.39. The second kappa shape index (κ2) is 8.83. The van der Waals surface area contributed by atoms with Gasteiger partial charge in [-0.15, -0.1) is 12.4 Å². The average molecular weight is 367 g/mol. The van der Waals surface area contributed by atoms with Gasteiger partial charge in [-0.1, -0.05) is 39.0 Å². The molecule has 0 aliphatic carbocycles. The molecule has 136 valence electrons. The van der Waals surface area contributed by atoms with E-state index in [4.69, 9.17) is 10.5 Å². The fraction of sp³-hybridized carbons (Fsp3) is 0.316. The Morgan fingerprint density at radius 1 is 1.20 bits per heavy atom. The summed E-state index contributed by atoms with van der Waals surface area (Å²) in [6.07, 6.45) is 0. The molecule has 3 N–H and O–H groups in total. The van der Waals surface area contributed by atoms with Gasteiger partial charge >= 0.3 is 0 Å². The highest BCUT2D eigenvalue weighted by molar-refractivity contribution is 5.95. The van der Waals surface area contributed by atoms with Gasteiger partial charge in [-0.2, -0.15) is 0 Å². The Hall–Kier alpha value is -2.11. The molecule has 0 unspecified atom stereocenters. The molecule has 0 radical (unpaired) electrons. The van der Waals surface area contributed by atoms with Gasteiger partial charge in [0, 0.05) is 11.8 Å². The molecular weight excluding hydrogens is 343 g/mol. The van der Waals surface area contributed by atoms with Crippen molar-refractivity contribution in [3.05, 3.63) is 59.9 Å². The van der Waals surface area contributed by atoms with Gasteiger partial charge in [0.25, 0.3) is 0 Å². The number of anilines is 1. The van der Waals surface area contributed by atoms with E-state index < -0.39 is 6.04 Å². The van der Waals surface area contributed by atoms with E-state index in [9.17, 15) is 9.18 Å². The normalized spacial score (nSPS) is 12.0. The lowest BCUT2D eigenvalue weighted by atomic mass is 9.87. The molecule has 0 aromatic heterocycles. The first kappa shape index (κ1) is 20.9. The van der Waals surface area contributed by atoms with Crippen molar-refractivity contribution >= 4 is 24.0 Å². The van der Waals surface area contributed by atoms with Gasteiger partial charge in [-0.05, 0) is 35.2 Å². The molecule has 0 fully saturated rings. The summed E-state index contributed by atoms with van der Waals surface area (Å²) in [6, 6.07) is 12.7. The first-order valence-corrected chi connectivity index (χ1v) is 7.79. The van der Waals surface area contributed by atoms with Crippen LogP contribution >= 0.6 is 12.4 Å². The molecule has 2 aromatic rings. The van der Waals surface area contributed by atoms with Crippen LogP contribution < -0.4 is 15.8 Å². The third-order valence-corrected chi connectivity index (χ3v) is 3.61. The minimum atomic E-state index is -0.616. The number of hydrogen-bond donors (Lipinski definition) is 2. The van der Waals surface area contributed by atoms with E-state index in [0.29, 0.717) is 11.4 Å². The fourth-order valence-corrected chi connectivity index (χ4v) is 2.07. The van der Waals surface area contributed by atoms with Crippen LogP contribution in [0.25, 0.3) is 0 Å². The van der Waals surface area contributed by atoms with Crippen LogP contribution in [0, 0.1) is 11.2 Å². The zero-order chi connectivity index (χ0) is 17.7. The summed E-state index contributed by atoms with van der Waals surface area (Å²) in [6.45, 7) is 5.98. The van der Waals surface area contributed by atoms with E-state index in [-0.39, 0.29) is 36.2 Å². The first-order valence-electron chi connectivity index (χ1n) is 7.79. The van der Waals surface area contributed by atoms with Crippen molar-refractivity contribution in [3.63, 3.8) is 0 Å². The summed E-state index contributed by atoms with van der Waals surface area (Å²) in [5.41, 5.74) is 6.97. The second-order valence-corrected chi connectivity index (χ2v) is 6.78. The maximum atomic E-state index is 13.2. The van der Waals surface area contributed by atoms with Crippen molar-refractivity contribution in [1.82, 2.24) is 0 Å². The quantitative estimate of drug-likeness (QED) is 0.835. The molecule has 0 spiro atoms. The van der Waals surface area contributed by atoms with Crippen molar-refractivity contribution < 1.29 is 13.9 Å². The third-order valence-electron chi connectivity index (χ3n) is 3.61. The van der Waals surface area contributed by atoms with Gasteiger partial charge in [0.15, 0.2) is 0 Å². The van der Waals surface area contributed by atoms with E-state index >= 15 is 0 Å². The van der Waals surface area contributed by atoms with E-state index in [2.05, 4.69) is 5.32 Å². The molecular formula is C19H24ClFN2O2. The number of nitrogens with two attached hydrogens (primary N) is 1. The van der Waals surface area contributed by atoms with Crippen LogP contribution in [0.5, 0.6) is 5.75 Å². The number of ether oxygens (including phenoxy) is 1. The summed E-state index contributed by atoms with van der Waals surface area (Å²) < 4.78 is 18.8. The largest absolute Gasteiger partial charge is 0.489 e.